The summed E-state index contributed by atoms with van der Waals surface area (Å²) in [5.74, 6) is 0.831. The van der Waals surface area contributed by atoms with Crippen molar-refractivity contribution in [3.8, 4) is 0 Å². The van der Waals surface area contributed by atoms with Crippen LogP contribution in [0.3, 0.4) is 0 Å². The van der Waals surface area contributed by atoms with Gasteiger partial charge in [0.15, 0.2) is 0 Å². The highest BCUT2D eigenvalue weighted by molar-refractivity contribution is 5.37. The Bertz CT molecular complexity index is 339. The van der Waals surface area contributed by atoms with Gasteiger partial charge in [0.1, 0.15) is 11.4 Å². The number of nitrogens with one attached hydrogen (secondary N) is 1. The number of nitrogen functional groups attached to an aromatic ring is 1. The average Bonchev–Trinajstić information content (AvgIpc) is 2.63. The van der Waals surface area contributed by atoms with Crippen LogP contribution in [0.15, 0.2) is 12.3 Å². The lowest BCUT2D eigenvalue weighted by atomic mass is 10.0. The molecule has 0 spiro atoms. The molecule has 0 amide bonds. The van der Waals surface area contributed by atoms with E-state index < -0.39 is 5.60 Å². The number of aliphatic hydroxyl groups is 1. The molecule has 0 bridgehead atoms. The maximum Gasteiger partial charge on any atom is 0.221 e. The summed E-state index contributed by atoms with van der Waals surface area (Å²) in [6.07, 6.45) is 2.21. The van der Waals surface area contributed by atoms with E-state index >= 15 is 0 Å². The van der Waals surface area contributed by atoms with Crippen molar-refractivity contribution < 1.29 is 9.84 Å². The second kappa shape index (κ2) is 4.00. The Morgan fingerprint density at radius 3 is 3.20 bits per heavy atom. The molecule has 1 atom stereocenters. The molecule has 6 nitrogen and oxygen atoms in total. The van der Waals surface area contributed by atoms with Crippen molar-refractivity contribution in [1.82, 2.24) is 9.97 Å². The first-order chi connectivity index (χ1) is 7.18. The number of nitrogens with two attached hydrogens (primary N) is 1. The summed E-state index contributed by atoms with van der Waals surface area (Å²) in [6.45, 7) is 1.37. The Balaban J connectivity index is 1.92. The van der Waals surface area contributed by atoms with E-state index in [-0.39, 0.29) is 5.95 Å². The summed E-state index contributed by atoms with van der Waals surface area (Å²) in [6, 6.07) is 1.70. The fourth-order valence-electron chi connectivity index (χ4n) is 1.46. The molecule has 2 rings (SSSR count). The van der Waals surface area contributed by atoms with Crippen molar-refractivity contribution in [3.63, 3.8) is 0 Å². The molecular formula is C9H14N4O2. The number of ether oxygens (including phenoxy) is 1. The van der Waals surface area contributed by atoms with E-state index in [9.17, 15) is 5.11 Å². The molecule has 0 aromatic carbocycles. The molecule has 1 fully saturated rings. The minimum absolute atomic E-state index is 0.217. The van der Waals surface area contributed by atoms with E-state index in [0.29, 0.717) is 32.0 Å². The smallest absolute Gasteiger partial charge is 0.221 e. The molecule has 0 radical (unpaired) electrons. The molecule has 6 heteroatoms. The molecule has 0 aliphatic carbocycles. The zero-order valence-electron chi connectivity index (χ0n) is 8.31. The van der Waals surface area contributed by atoms with Gasteiger partial charge in [0.05, 0.1) is 6.61 Å². The van der Waals surface area contributed by atoms with E-state index in [4.69, 9.17) is 10.5 Å². The van der Waals surface area contributed by atoms with Gasteiger partial charge >= 0.3 is 0 Å². The molecule has 1 aromatic heterocycles. The van der Waals surface area contributed by atoms with E-state index in [1.54, 1.807) is 12.3 Å². The Labute approximate surface area is 87.5 Å². The monoisotopic (exact) mass is 210 g/mol. The van der Waals surface area contributed by atoms with Gasteiger partial charge in [-0.15, -0.1) is 0 Å². The Morgan fingerprint density at radius 1 is 1.67 bits per heavy atom. The van der Waals surface area contributed by atoms with Crippen molar-refractivity contribution >= 4 is 11.8 Å². The Morgan fingerprint density at radius 2 is 2.53 bits per heavy atom. The van der Waals surface area contributed by atoms with E-state index in [0.717, 1.165) is 0 Å². The first kappa shape index (κ1) is 10.1. The lowest BCUT2D eigenvalue weighted by Gasteiger charge is -2.20. The number of hydrogen-bond donors (Lipinski definition) is 3. The van der Waals surface area contributed by atoms with Crippen LogP contribution in [0.2, 0.25) is 0 Å². The highest BCUT2D eigenvalue weighted by atomic mass is 16.5. The van der Waals surface area contributed by atoms with Gasteiger partial charge in [-0.2, -0.15) is 4.98 Å². The maximum atomic E-state index is 9.96. The molecule has 2 heterocycles. The van der Waals surface area contributed by atoms with Gasteiger partial charge in [-0.1, -0.05) is 0 Å². The largest absolute Gasteiger partial charge is 0.386 e. The summed E-state index contributed by atoms with van der Waals surface area (Å²) in [5, 5.41) is 13.0. The van der Waals surface area contributed by atoms with Gasteiger partial charge < -0.3 is 20.9 Å². The van der Waals surface area contributed by atoms with Gasteiger partial charge in [0.2, 0.25) is 5.95 Å². The number of rotatable bonds is 3. The second-order valence-electron chi connectivity index (χ2n) is 3.68. The first-order valence-corrected chi connectivity index (χ1v) is 4.80. The standard InChI is InChI=1S/C9H14N4O2/c10-8-11-3-1-7(13-8)12-5-9(14)2-4-15-6-9/h1,3,14H,2,4-6H2,(H3,10,11,12,13). The molecule has 1 aromatic rings. The molecule has 1 saturated heterocycles. The van der Waals surface area contributed by atoms with Crippen LogP contribution in [0, 0.1) is 0 Å². The summed E-state index contributed by atoms with van der Waals surface area (Å²) >= 11 is 0. The zero-order valence-corrected chi connectivity index (χ0v) is 8.31. The number of anilines is 2. The van der Waals surface area contributed by atoms with Crippen molar-refractivity contribution in [1.29, 1.82) is 0 Å². The van der Waals surface area contributed by atoms with Crippen molar-refractivity contribution in [2.75, 3.05) is 30.8 Å². The maximum absolute atomic E-state index is 9.96. The molecule has 0 saturated carbocycles. The van der Waals surface area contributed by atoms with E-state index in [1.165, 1.54) is 0 Å². The molecule has 1 unspecified atom stereocenters. The number of nitrogens with zero attached hydrogens (tertiary/aromatic N) is 2. The molecule has 82 valence electrons. The van der Waals surface area contributed by atoms with E-state index in [1.807, 2.05) is 0 Å². The van der Waals surface area contributed by atoms with Crippen LogP contribution in [-0.4, -0.2) is 40.4 Å². The van der Waals surface area contributed by atoms with Gasteiger partial charge in [-0.25, -0.2) is 4.98 Å². The highest BCUT2D eigenvalue weighted by Gasteiger charge is 2.31. The topological polar surface area (TPSA) is 93.3 Å². The third-order valence-electron chi connectivity index (χ3n) is 2.36. The quantitative estimate of drug-likeness (QED) is 0.630. The van der Waals surface area contributed by atoms with Crippen LogP contribution >= 0.6 is 0 Å². The third kappa shape index (κ3) is 2.54. The first-order valence-electron chi connectivity index (χ1n) is 4.80. The summed E-state index contributed by atoms with van der Waals surface area (Å²) in [5.41, 5.74) is 4.63. The van der Waals surface area contributed by atoms with Crippen LogP contribution in [0.1, 0.15) is 6.42 Å². The highest BCUT2D eigenvalue weighted by Crippen LogP contribution is 2.18. The molecule has 15 heavy (non-hydrogen) atoms. The Kier molecular flexibility index (Phi) is 2.70. The fraction of sp³-hybridized carbons (Fsp3) is 0.556. The SMILES string of the molecule is Nc1nccc(NCC2(O)CCOC2)n1. The van der Waals surface area contributed by atoms with Crippen molar-refractivity contribution in [2.24, 2.45) is 0 Å². The lowest BCUT2D eigenvalue weighted by molar-refractivity contribution is 0.0381. The molecule has 4 N–H and O–H groups in total. The van der Waals surface area contributed by atoms with Gasteiger partial charge in [0.25, 0.3) is 0 Å². The van der Waals surface area contributed by atoms with Crippen LogP contribution in [0.5, 0.6) is 0 Å². The van der Waals surface area contributed by atoms with Crippen LogP contribution in [0.4, 0.5) is 11.8 Å². The second-order valence-corrected chi connectivity index (χ2v) is 3.68. The van der Waals surface area contributed by atoms with E-state index in [2.05, 4.69) is 15.3 Å². The third-order valence-corrected chi connectivity index (χ3v) is 2.36. The lowest BCUT2D eigenvalue weighted by Crippen LogP contribution is -2.37. The number of hydrogen-bond acceptors (Lipinski definition) is 6. The molecule has 1 aliphatic heterocycles. The van der Waals surface area contributed by atoms with Gasteiger partial charge in [-0.05, 0) is 6.07 Å². The summed E-state index contributed by atoms with van der Waals surface area (Å²) < 4.78 is 5.12. The van der Waals surface area contributed by atoms with Gasteiger partial charge in [0, 0.05) is 25.8 Å². The predicted molar refractivity (Wildman–Crippen MR) is 55.3 cm³/mol. The summed E-state index contributed by atoms with van der Waals surface area (Å²) in [7, 11) is 0. The minimum atomic E-state index is -0.792. The zero-order chi connectivity index (χ0) is 10.7. The average molecular weight is 210 g/mol. The van der Waals surface area contributed by atoms with Crippen LogP contribution in [0.25, 0.3) is 0 Å². The van der Waals surface area contributed by atoms with Gasteiger partial charge in [-0.3, -0.25) is 0 Å². The molecular weight excluding hydrogens is 196 g/mol. The number of aromatic nitrogens is 2. The normalized spacial score (nSPS) is 25.4. The van der Waals surface area contributed by atoms with Crippen molar-refractivity contribution in [3.05, 3.63) is 12.3 Å². The molecule has 1 aliphatic rings. The van der Waals surface area contributed by atoms with Crippen molar-refractivity contribution in [2.45, 2.75) is 12.0 Å². The van der Waals surface area contributed by atoms with Crippen LogP contribution in [-0.2, 0) is 4.74 Å². The fourth-order valence-corrected chi connectivity index (χ4v) is 1.46. The van der Waals surface area contributed by atoms with Crippen LogP contribution < -0.4 is 11.1 Å². The Hall–Kier alpha value is -1.40. The predicted octanol–water partition coefficient (Wildman–Crippen LogP) is -0.378. The minimum Gasteiger partial charge on any atom is -0.386 e. The summed E-state index contributed by atoms with van der Waals surface area (Å²) in [4.78, 5) is 7.75.